The van der Waals surface area contributed by atoms with E-state index in [4.69, 9.17) is 10.5 Å². The molecular formula is C16H23N3O4S. The Bertz CT molecular complexity index is 580. The third kappa shape index (κ3) is 3.23. The van der Waals surface area contributed by atoms with E-state index < -0.39 is 18.1 Å². The summed E-state index contributed by atoms with van der Waals surface area (Å²) in [6.45, 7) is 0.506. The summed E-state index contributed by atoms with van der Waals surface area (Å²) in [4.78, 5) is 25.8. The van der Waals surface area contributed by atoms with E-state index in [-0.39, 0.29) is 23.4 Å². The zero-order chi connectivity index (χ0) is 17.3. The maximum absolute atomic E-state index is 12.4. The van der Waals surface area contributed by atoms with Crippen LogP contribution in [-0.4, -0.2) is 70.9 Å². The molecule has 2 heterocycles. The molecule has 7 nitrogen and oxygen atoms in total. The second-order valence-electron chi connectivity index (χ2n) is 6.26. The standard InChI is InChI=1S/C16H23N3O4S/c1-23-11-8-24-15-10(7-19(15)13(11)16(21)22)18-14(20)12(17)9-5-3-2-4-6-9/h2-3,6,10-13,15H,4-5,7-8,17H2,1H3,(H,18,20)(H,21,22)/t10-,11?,12+,13?,15?/m0/s1. The number of thioether (sulfide) groups is 1. The SMILES string of the molecule is COC1CSC2[C@@H](NC(=O)[C@H](N)C3=CCC=CC3)CN2C1C(=O)O. The van der Waals surface area contributed by atoms with Gasteiger partial charge in [0.15, 0.2) is 0 Å². The van der Waals surface area contributed by atoms with E-state index in [2.05, 4.69) is 11.4 Å². The number of nitrogens with one attached hydrogen (secondary N) is 1. The fourth-order valence-electron chi connectivity index (χ4n) is 3.42. The predicted octanol–water partition coefficient (Wildman–Crippen LogP) is -0.0684. The van der Waals surface area contributed by atoms with E-state index in [0.717, 1.165) is 12.0 Å². The molecule has 8 heteroatoms. The van der Waals surface area contributed by atoms with Crippen molar-refractivity contribution in [2.75, 3.05) is 19.4 Å². The first-order chi connectivity index (χ1) is 11.5. The summed E-state index contributed by atoms with van der Waals surface area (Å²) in [6, 6.07) is -1.37. The highest BCUT2D eigenvalue weighted by Crippen LogP contribution is 2.38. The monoisotopic (exact) mass is 353 g/mol. The number of carboxylic acids is 1. The largest absolute Gasteiger partial charge is 0.480 e. The molecule has 1 aliphatic carbocycles. The lowest BCUT2D eigenvalue weighted by Crippen LogP contribution is -2.74. The normalized spacial score (nSPS) is 33.8. The van der Waals surface area contributed by atoms with Gasteiger partial charge in [-0.05, 0) is 18.4 Å². The van der Waals surface area contributed by atoms with Crippen LogP contribution in [0.15, 0.2) is 23.8 Å². The van der Waals surface area contributed by atoms with E-state index in [1.54, 1.807) is 11.8 Å². The fourth-order valence-corrected chi connectivity index (χ4v) is 4.92. The van der Waals surface area contributed by atoms with E-state index in [1.807, 2.05) is 17.1 Å². The summed E-state index contributed by atoms with van der Waals surface area (Å²) in [6.07, 6.45) is 7.25. The molecule has 4 N–H and O–H groups in total. The average molecular weight is 353 g/mol. The van der Waals surface area contributed by atoms with E-state index in [0.29, 0.717) is 18.7 Å². The number of rotatable bonds is 5. The Morgan fingerprint density at radius 3 is 2.92 bits per heavy atom. The van der Waals surface area contributed by atoms with Crippen molar-refractivity contribution in [1.82, 2.24) is 10.2 Å². The van der Waals surface area contributed by atoms with Gasteiger partial charge in [-0.15, -0.1) is 11.8 Å². The molecule has 0 spiro atoms. The molecular weight excluding hydrogens is 330 g/mol. The zero-order valence-electron chi connectivity index (χ0n) is 13.6. The van der Waals surface area contributed by atoms with Crippen LogP contribution in [-0.2, 0) is 14.3 Å². The van der Waals surface area contributed by atoms with Crippen molar-refractivity contribution in [3.8, 4) is 0 Å². The Morgan fingerprint density at radius 2 is 2.29 bits per heavy atom. The Balaban J connectivity index is 1.58. The van der Waals surface area contributed by atoms with Gasteiger partial charge in [-0.2, -0.15) is 0 Å². The molecule has 3 aliphatic rings. The second kappa shape index (κ2) is 7.26. The average Bonchev–Trinajstić information content (AvgIpc) is 2.58. The van der Waals surface area contributed by atoms with Gasteiger partial charge in [-0.25, -0.2) is 0 Å². The highest BCUT2D eigenvalue weighted by atomic mass is 32.2. The Hall–Kier alpha value is -1.35. The maximum atomic E-state index is 12.4. The van der Waals surface area contributed by atoms with Crippen molar-refractivity contribution in [3.05, 3.63) is 23.8 Å². The molecule has 2 saturated heterocycles. The molecule has 1 amide bonds. The van der Waals surface area contributed by atoms with Crippen LogP contribution >= 0.6 is 11.8 Å². The quantitative estimate of drug-likeness (QED) is 0.594. The van der Waals surface area contributed by atoms with Crippen LogP contribution in [0, 0.1) is 0 Å². The molecule has 0 aromatic carbocycles. The number of hydrogen-bond donors (Lipinski definition) is 3. The minimum atomic E-state index is -0.882. The van der Waals surface area contributed by atoms with Crippen molar-refractivity contribution >= 4 is 23.6 Å². The van der Waals surface area contributed by atoms with Gasteiger partial charge in [-0.1, -0.05) is 18.2 Å². The number of aliphatic carboxylic acids is 1. The molecule has 5 atom stereocenters. The van der Waals surface area contributed by atoms with Gasteiger partial charge < -0.3 is 20.9 Å². The zero-order valence-corrected chi connectivity index (χ0v) is 14.4. The molecule has 0 radical (unpaired) electrons. The fraction of sp³-hybridized carbons (Fsp3) is 0.625. The van der Waals surface area contributed by atoms with Gasteiger partial charge in [-0.3, -0.25) is 14.5 Å². The smallest absolute Gasteiger partial charge is 0.323 e. The first kappa shape index (κ1) is 17.5. The topological polar surface area (TPSA) is 105 Å². The summed E-state index contributed by atoms with van der Waals surface area (Å²) < 4.78 is 5.29. The highest BCUT2D eigenvalue weighted by Gasteiger charge is 2.52. The number of ether oxygens (including phenoxy) is 1. The number of nitrogens with zero attached hydrogens (tertiary/aromatic N) is 1. The first-order valence-corrected chi connectivity index (χ1v) is 9.10. The molecule has 3 rings (SSSR count). The van der Waals surface area contributed by atoms with Crippen LogP contribution < -0.4 is 11.1 Å². The molecule has 24 heavy (non-hydrogen) atoms. The maximum Gasteiger partial charge on any atom is 0.323 e. The molecule has 132 valence electrons. The van der Waals surface area contributed by atoms with Crippen molar-refractivity contribution in [3.63, 3.8) is 0 Å². The molecule has 0 bridgehead atoms. The number of allylic oxidation sites excluding steroid dienone is 3. The summed E-state index contributed by atoms with van der Waals surface area (Å²) in [5.74, 6) is -0.474. The molecule has 0 aromatic heterocycles. The van der Waals surface area contributed by atoms with Crippen LogP contribution in [0.3, 0.4) is 0 Å². The Morgan fingerprint density at radius 1 is 1.50 bits per heavy atom. The van der Waals surface area contributed by atoms with E-state index in [9.17, 15) is 14.7 Å². The summed E-state index contributed by atoms with van der Waals surface area (Å²) in [5.41, 5.74) is 6.99. The van der Waals surface area contributed by atoms with Crippen molar-refractivity contribution < 1.29 is 19.4 Å². The molecule has 3 unspecified atom stereocenters. The van der Waals surface area contributed by atoms with Crippen LogP contribution in [0.2, 0.25) is 0 Å². The predicted molar refractivity (Wildman–Crippen MR) is 91.5 cm³/mol. The van der Waals surface area contributed by atoms with Crippen molar-refractivity contribution in [1.29, 1.82) is 0 Å². The number of methoxy groups -OCH3 is 1. The second-order valence-corrected chi connectivity index (χ2v) is 7.41. The molecule has 2 fully saturated rings. The highest BCUT2D eigenvalue weighted by molar-refractivity contribution is 8.00. The van der Waals surface area contributed by atoms with Crippen LogP contribution in [0.1, 0.15) is 12.8 Å². The Kier molecular flexibility index (Phi) is 5.29. The minimum absolute atomic E-state index is 0.0334. The molecule has 0 aromatic rings. The summed E-state index contributed by atoms with van der Waals surface area (Å²) >= 11 is 1.62. The van der Waals surface area contributed by atoms with Gasteiger partial charge in [0, 0.05) is 19.4 Å². The van der Waals surface area contributed by atoms with Crippen LogP contribution in [0.25, 0.3) is 0 Å². The molecule has 2 aliphatic heterocycles. The third-order valence-corrected chi connectivity index (χ3v) is 6.28. The number of fused-ring (bicyclic) bond motifs is 1. The number of carbonyl (C=O) groups excluding carboxylic acids is 1. The van der Waals surface area contributed by atoms with Gasteiger partial charge in [0.25, 0.3) is 0 Å². The van der Waals surface area contributed by atoms with Gasteiger partial charge in [0.05, 0.1) is 17.5 Å². The van der Waals surface area contributed by atoms with Gasteiger partial charge in [0.2, 0.25) is 5.91 Å². The van der Waals surface area contributed by atoms with Crippen LogP contribution in [0.4, 0.5) is 0 Å². The van der Waals surface area contributed by atoms with E-state index in [1.165, 1.54) is 7.11 Å². The number of carbonyl (C=O) groups is 2. The lowest BCUT2D eigenvalue weighted by Gasteiger charge is -2.54. The number of carboxylic acid groups (broad SMARTS) is 1. The summed E-state index contributed by atoms with van der Waals surface area (Å²) in [7, 11) is 1.53. The summed E-state index contributed by atoms with van der Waals surface area (Å²) in [5, 5.41) is 12.4. The van der Waals surface area contributed by atoms with Crippen LogP contribution in [0.5, 0.6) is 0 Å². The Labute approximate surface area is 145 Å². The lowest BCUT2D eigenvalue weighted by atomic mass is 9.97. The van der Waals surface area contributed by atoms with Gasteiger partial charge in [0.1, 0.15) is 12.1 Å². The number of hydrogen-bond acceptors (Lipinski definition) is 6. The van der Waals surface area contributed by atoms with Gasteiger partial charge >= 0.3 is 5.97 Å². The number of nitrogens with two attached hydrogens (primary N) is 1. The first-order valence-electron chi connectivity index (χ1n) is 8.05. The third-order valence-electron chi connectivity index (χ3n) is 4.82. The lowest BCUT2D eigenvalue weighted by molar-refractivity contribution is -0.154. The number of amides is 1. The molecule has 0 saturated carbocycles. The van der Waals surface area contributed by atoms with Crippen molar-refractivity contribution in [2.24, 2.45) is 5.73 Å². The van der Waals surface area contributed by atoms with Crippen molar-refractivity contribution in [2.45, 2.75) is 42.4 Å². The van der Waals surface area contributed by atoms with E-state index >= 15 is 0 Å². The minimum Gasteiger partial charge on any atom is -0.480 e.